The summed E-state index contributed by atoms with van der Waals surface area (Å²) in [6.45, 7) is 8.57. The normalized spacial score (nSPS) is 23.1. The fourth-order valence-electron chi connectivity index (χ4n) is 2.59. The van der Waals surface area contributed by atoms with Crippen molar-refractivity contribution in [3.05, 3.63) is 21.4 Å². The van der Waals surface area contributed by atoms with E-state index >= 15 is 0 Å². The Hall–Kier alpha value is -1.36. The van der Waals surface area contributed by atoms with Gasteiger partial charge in [-0.15, -0.1) is 11.3 Å². The van der Waals surface area contributed by atoms with E-state index < -0.39 is 0 Å². The Morgan fingerprint density at radius 2 is 1.95 bits per heavy atom. The van der Waals surface area contributed by atoms with Crippen molar-refractivity contribution in [3.63, 3.8) is 0 Å². The third kappa shape index (κ3) is 2.73. The Morgan fingerprint density at radius 3 is 2.45 bits per heavy atom. The van der Waals surface area contributed by atoms with Crippen LogP contribution >= 0.6 is 11.3 Å². The van der Waals surface area contributed by atoms with Gasteiger partial charge in [0.15, 0.2) is 0 Å². The Kier molecular flexibility index (Phi) is 4.48. The van der Waals surface area contributed by atoms with E-state index in [1.54, 1.807) is 16.2 Å². The van der Waals surface area contributed by atoms with Crippen LogP contribution in [0.15, 0.2) is 6.07 Å². The van der Waals surface area contributed by atoms with Crippen molar-refractivity contribution in [1.29, 1.82) is 0 Å². The van der Waals surface area contributed by atoms with Crippen molar-refractivity contribution in [2.24, 2.45) is 0 Å². The smallest absolute Gasteiger partial charge is 0.246 e. The molecule has 1 aliphatic rings. The van der Waals surface area contributed by atoms with Gasteiger partial charge >= 0.3 is 0 Å². The van der Waals surface area contributed by atoms with Gasteiger partial charge in [0, 0.05) is 9.75 Å². The largest absolute Gasteiger partial charge is 0.343 e. The third-order valence-corrected chi connectivity index (χ3v) is 5.05. The average molecular weight is 294 g/mol. The Balaban J connectivity index is 2.24. The van der Waals surface area contributed by atoms with Crippen LogP contribution in [0.4, 0.5) is 0 Å². The molecule has 1 aromatic heterocycles. The maximum atomic E-state index is 12.5. The zero-order valence-electron chi connectivity index (χ0n) is 12.5. The van der Waals surface area contributed by atoms with E-state index in [9.17, 15) is 9.59 Å². The van der Waals surface area contributed by atoms with Gasteiger partial charge in [-0.2, -0.15) is 0 Å². The summed E-state index contributed by atoms with van der Waals surface area (Å²) in [6, 6.07) is 1.41. The summed E-state index contributed by atoms with van der Waals surface area (Å²) in [5.74, 6) is 0.0200. The molecule has 1 fully saturated rings. The highest BCUT2D eigenvalue weighted by atomic mass is 32.1. The lowest BCUT2D eigenvalue weighted by Crippen LogP contribution is -2.62. The zero-order chi connectivity index (χ0) is 14.9. The van der Waals surface area contributed by atoms with E-state index in [-0.39, 0.29) is 23.9 Å². The van der Waals surface area contributed by atoms with Crippen LogP contribution in [-0.2, 0) is 16.1 Å². The highest BCUT2D eigenvalue weighted by molar-refractivity contribution is 7.12. The Bertz CT molecular complexity index is 504. The SMILES string of the molecule is CCC1NC(=O)C(CC)N(Cc2cc(C)c(C)s2)C1=O. The number of thiophene rings is 1. The van der Waals surface area contributed by atoms with Crippen LogP contribution in [0.2, 0.25) is 0 Å². The topological polar surface area (TPSA) is 49.4 Å². The van der Waals surface area contributed by atoms with E-state index in [0.717, 1.165) is 4.88 Å². The molecule has 1 aliphatic heterocycles. The molecule has 0 radical (unpaired) electrons. The number of aryl methyl sites for hydroxylation is 2. The second-order valence-electron chi connectivity index (χ2n) is 5.31. The van der Waals surface area contributed by atoms with Crippen molar-refractivity contribution < 1.29 is 9.59 Å². The van der Waals surface area contributed by atoms with Gasteiger partial charge in [0.1, 0.15) is 12.1 Å². The molecule has 2 atom stereocenters. The van der Waals surface area contributed by atoms with Crippen LogP contribution in [0.25, 0.3) is 0 Å². The fraction of sp³-hybridized carbons (Fsp3) is 0.600. The first-order valence-electron chi connectivity index (χ1n) is 7.14. The second-order valence-corrected chi connectivity index (χ2v) is 6.65. The van der Waals surface area contributed by atoms with Crippen LogP contribution in [0.5, 0.6) is 0 Å². The number of nitrogens with one attached hydrogen (secondary N) is 1. The first kappa shape index (κ1) is 15.0. The van der Waals surface area contributed by atoms with Gasteiger partial charge in [0.05, 0.1) is 6.54 Å². The van der Waals surface area contributed by atoms with Crippen LogP contribution in [-0.4, -0.2) is 28.8 Å². The lowest BCUT2D eigenvalue weighted by molar-refractivity contribution is -0.150. The first-order valence-corrected chi connectivity index (χ1v) is 7.96. The summed E-state index contributed by atoms with van der Waals surface area (Å²) < 4.78 is 0. The summed E-state index contributed by atoms with van der Waals surface area (Å²) in [5, 5.41) is 2.82. The zero-order valence-corrected chi connectivity index (χ0v) is 13.3. The fourth-order valence-corrected chi connectivity index (χ4v) is 3.64. The van der Waals surface area contributed by atoms with E-state index in [4.69, 9.17) is 0 Å². The van der Waals surface area contributed by atoms with Crippen LogP contribution in [0, 0.1) is 13.8 Å². The molecule has 110 valence electrons. The van der Waals surface area contributed by atoms with Gasteiger partial charge in [-0.1, -0.05) is 13.8 Å². The van der Waals surface area contributed by atoms with Gasteiger partial charge in [0.2, 0.25) is 11.8 Å². The molecule has 2 unspecified atom stereocenters. The summed E-state index contributed by atoms with van der Waals surface area (Å²) >= 11 is 1.71. The predicted octanol–water partition coefficient (Wildman–Crippen LogP) is 2.38. The minimum Gasteiger partial charge on any atom is -0.343 e. The van der Waals surface area contributed by atoms with E-state index in [2.05, 4.69) is 25.2 Å². The lowest BCUT2D eigenvalue weighted by Gasteiger charge is -2.38. The summed E-state index contributed by atoms with van der Waals surface area (Å²) in [5.41, 5.74) is 1.25. The molecule has 1 N–H and O–H groups in total. The molecule has 0 aliphatic carbocycles. The van der Waals surface area contributed by atoms with E-state index in [1.807, 2.05) is 13.8 Å². The number of carbonyl (C=O) groups excluding carboxylic acids is 2. The average Bonchev–Trinajstić information content (AvgIpc) is 2.72. The molecule has 0 spiro atoms. The number of piperazine rings is 1. The van der Waals surface area contributed by atoms with Crippen molar-refractivity contribution in [1.82, 2.24) is 10.2 Å². The number of carbonyl (C=O) groups is 2. The molecule has 20 heavy (non-hydrogen) atoms. The summed E-state index contributed by atoms with van der Waals surface area (Å²) in [7, 11) is 0. The standard InChI is InChI=1S/C15H22N2O2S/c1-5-12-15(19)17(13(6-2)14(18)16-12)8-11-7-9(3)10(4)20-11/h7,12-13H,5-6,8H2,1-4H3,(H,16,18). The van der Waals surface area contributed by atoms with Crippen LogP contribution in [0.1, 0.15) is 42.0 Å². The Labute approximate surface area is 124 Å². The van der Waals surface area contributed by atoms with Gasteiger partial charge in [-0.3, -0.25) is 9.59 Å². The molecule has 1 aromatic rings. The first-order chi connectivity index (χ1) is 9.47. The van der Waals surface area contributed by atoms with Crippen LogP contribution in [0.3, 0.4) is 0 Å². The maximum absolute atomic E-state index is 12.5. The molecule has 1 saturated heterocycles. The Morgan fingerprint density at radius 1 is 1.25 bits per heavy atom. The molecule has 0 saturated carbocycles. The molecule has 0 aromatic carbocycles. The molecule has 2 amide bonds. The van der Waals surface area contributed by atoms with Gasteiger partial charge in [0.25, 0.3) is 0 Å². The minimum absolute atomic E-state index is 0.0241. The van der Waals surface area contributed by atoms with Crippen molar-refractivity contribution in [2.45, 2.75) is 59.2 Å². The number of amides is 2. The minimum atomic E-state index is -0.368. The lowest BCUT2D eigenvalue weighted by atomic mass is 10.0. The van der Waals surface area contributed by atoms with E-state index in [0.29, 0.717) is 19.4 Å². The molecule has 4 nitrogen and oxygen atoms in total. The highest BCUT2D eigenvalue weighted by Gasteiger charge is 2.38. The highest BCUT2D eigenvalue weighted by Crippen LogP contribution is 2.25. The van der Waals surface area contributed by atoms with Gasteiger partial charge < -0.3 is 10.2 Å². The molecule has 2 heterocycles. The quantitative estimate of drug-likeness (QED) is 0.927. The maximum Gasteiger partial charge on any atom is 0.246 e. The monoisotopic (exact) mass is 294 g/mol. The second kappa shape index (κ2) is 5.95. The number of rotatable bonds is 4. The predicted molar refractivity (Wildman–Crippen MR) is 80.6 cm³/mol. The number of nitrogens with zero attached hydrogens (tertiary/aromatic N) is 1. The third-order valence-electron chi connectivity index (χ3n) is 3.91. The molecular weight excluding hydrogens is 272 g/mol. The summed E-state index contributed by atoms with van der Waals surface area (Å²) in [4.78, 5) is 28.8. The molecule has 2 rings (SSSR count). The number of hydrogen-bond donors (Lipinski definition) is 1. The van der Waals surface area contributed by atoms with Crippen molar-refractivity contribution in [2.75, 3.05) is 0 Å². The number of hydrogen-bond acceptors (Lipinski definition) is 3. The van der Waals surface area contributed by atoms with Crippen molar-refractivity contribution >= 4 is 23.2 Å². The van der Waals surface area contributed by atoms with E-state index in [1.165, 1.54) is 10.4 Å². The van der Waals surface area contributed by atoms with Gasteiger partial charge in [-0.05, 0) is 38.3 Å². The molecule has 5 heteroatoms. The van der Waals surface area contributed by atoms with Crippen molar-refractivity contribution in [3.8, 4) is 0 Å². The molecule has 0 bridgehead atoms. The summed E-state index contributed by atoms with van der Waals surface area (Å²) in [6.07, 6.45) is 1.29. The van der Waals surface area contributed by atoms with Gasteiger partial charge in [-0.25, -0.2) is 0 Å². The van der Waals surface area contributed by atoms with Crippen LogP contribution < -0.4 is 5.32 Å². The molecular formula is C15H22N2O2S.